The number of fused-ring (bicyclic) bond motifs is 1. The van der Waals surface area contributed by atoms with Gasteiger partial charge in [0, 0.05) is 31.9 Å². The summed E-state index contributed by atoms with van der Waals surface area (Å²) in [5.74, 6) is 0.741. The second-order valence-corrected chi connectivity index (χ2v) is 5.69. The van der Waals surface area contributed by atoms with E-state index in [-0.39, 0.29) is 0 Å². The molecule has 2 unspecified atom stereocenters. The van der Waals surface area contributed by atoms with E-state index in [1.54, 1.807) is 0 Å². The molecule has 1 aliphatic rings. The fraction of sp³-hybridized carbons (Fsp3) is 0.625. The number of benzene rings is 1. The van der Waals surface area contributed by atoms with Gasteiger partial charge in [0.2, 0.25) is 0 Å². The standard InChI is InChI=1S/C16H26N2/c1-5-12(2)13(3)17-11-14-6-7-16-15(10-14)8-9-18(16)4/h6-7,10,12-13,17H,5,8-9,11H2,1-4H3. The number of nitrogens with one attached hydrogen (secondary N) is 1. The molecule has 0 aliphatic carbocycles. The van der Waals surface area contributed by atoms with E-state index >= 15 is 0 Å². The van der Waals surface area contributed by atoms with Crippen molar-refractivity contribution in [1.29, 1.82) is 0 Å². The van der Waals surface area contributed by atoms with E-state index in [0.717, 1.165) is 19.0 Å². The van der Waals surface area contributed by atoms with Crippen molar-refractivity contribution in [2.45, 2.75) is 46.2 Å². The molecule has 0 radical (unpaired) electrons. The molecule has 1 aromatic rings. The Labute approximate surface area is 111 Å². The number of anilines is 1. The molecular weight excluding hydrogens is 220 g/mol. The summed E-state index contributed by atoms with van der Waals surface area (Å²) >= 11 is 0. The summed E-state index contributed by atoms with van der Waals surface area (Å²) in [6, 6.07) is 7.49. The van der Waals surface area contributed by atoms with E-state index in [4.69, 9.17) is 0 Å². The largest absolute Gasteiger partial charge is 0.374 e. The van der Waals surface area contributed by atoms with Crippen LogP contribution in [0.15, 0.2) is 18.2 Å². The van der Waals surface area contributed by atoms with Gasteiger partial charge in [-0.15, -0.1) is 0 Å². The van der Waals surface area contributed by atoms with Gasteiger partial charge in [-0.1, -0.05) is 32.4 Å². The Morgan fingerprint density at radius 2 is 2.11 bits per heavy atom. The SMILES string of the molecule is CCC(C)C(C)NCc1ccc2c(c1)CCN2C. The number of likely N-dealkylation sites (N-methyl/N-ethyl adjacent to an activating group) is 1. The van der Waals surface area contributed by atoms with Crippen LogP contribution >= 0.6 is 0 Å². The van der Waals surface area contributed by atoms with Gasteiger partial charge in [-0.2, -0.15) is 0 Å². The minimum absolute atomic E-state index is 0.589. The molecule has 1 aliphatic heterocycles. The normalized spacial score (nSPS) is 17.7. The van der Waals surface area contributed by atoms with Gasteiger partial charge in [0.1, 0.15) is 0 Å². The first kappa shape index (κ1) is 13.4. The highest BCUT2D eigenvalue weighted by molar-refractivity contribution is 5.58. The molecule has 18 heavy (non-hydrogen) atoms. The van der Waals surface area contributed by atoms with Gasteiger partial charge < -0.3 is 10.2 Å². The molecule has 2 nitrogen and oxygen atoms in total. The van der Waals surface area contributed by atoms with Crippen molar-refractivity contribution in [2.75, 3.05) is 18.5 Å². The van der Waals surface area contributed by atoms with Crippen LogP contribution in [0.1, 0.15) is 38.3 Å². The minimum Gasteiger partial charge on any atom is -0.374 e. The van der Waals surface area contributed by atoms with Crippen molar-refractivity contribution in [3.8, 4) is 0 Å². The molecule has 1 N–H and O–H groups in total. The number of hydrogen-bond acceptors (Lipinski definition) is 2. The van der Waals surface area contributed by atoms with Crippen LogP contribution in [0.3, 0.4) is 0 Å². The summed E-state index contributed by atoms with van der Waals surface area (Å²) in [6.45, 7) is 9.01. The molecule has 0 spiro atoms. The van der Waals surface area contributed by atoms with Crippen molar-refractivity contribution in [1.82, 2.24) is 5.32 Å². The zero-order valence-corrected chi connectivity index (χ0v) is 12.2. The van der Waals surface area contributed by atoms with Crippen molar-refractivity contribution in [3.05, 3.63) is 29.3 Å². The van der Waals surface area contributed by atoms with Crippen LogP contribution in [-0.2, 0) is 13.0 Å². The Kier molecular flexibility index (Phi) is 4.28. The van der Waals surface area contributed by atoms with Crippen LogP contribution in [-0.4, -0.2) is 19.6 Å². The summed E-state index contributed by atoms with van der Waals surface area (Å²) in [4.78, 5) is 2.34. The molecule has 0 amide bonds. The van der Waals surface area contributed by atoms with Gasteiger partial charge in [0.25, 0.3) is 0 Å². The first-order valence-corrected chi connectivity index (χ1v) is 7.18. The second kappa shape index (κ2) is 5.75. The van der Waals surface area contributed by atoms with Crippen molar-refractivity contribution < 1.29 is 0 Å². The molecule has 0 saturated carbocycles. The number of nitrogens with zero attached hydrogens (tertiary/aromatic N) is 1. The van der Waals surface area contributed by atoms with E-state index in [1.165, 1.54) is 29.7 Å². The topological polar surface area (TPSA) is 15.3 Å². The van der Waals surface area contributed by atoms with E-state index in [9.17, 15) is 0 Å². The third-order valence-corrected chi connectivity index (χ3v) is 4.40. The Hall–Kier alpha value is -1.02. The average molecular weight is 246 g/mol. The fourth-order valence-electron chi connectivity index (χ4n) is 2.56. The van der Waals surface area contributed by atoms with Crippen LogP contribution in [0.5, 0.6) is 0 Å². The van der Waals surface area contributed by atoms with E-state index in [0.29, 0.717) is 6.04 Å². The number of rotatable bonds is 5. The first-order valence-electron chi connectivity index (χ1n) is 7.18. The maximum absolute atomic E-state index is 3.64. The summed E-state index contributed by atoms with van der Waals surface area (Å²) in [5, 5.41) is 3.64. The van der Waals surface area contributed by atoms with Crippen LogP contribution in [0.4, 0.5) is 5.69 Å². The zero-order chi connectivity index (χ0) is 13.1. The Morgan fingerprint density at radius 3 is 2.83 bits per heavy atom. The first-order chi connectivity index (χ1) is 8.61. The van der Waals surface area contributed by atoms with E-state index < -0.39 is 0 Å². The lowest BCUT2D eigenvalue weighted by Gasteiger charge is -2.20. The van der Waals surface area contributed by atoms with Gasteiger partial charge in [-0.25, -0.2) is 0 Å². The smallest absolute Gasteiger partial charge is 0.0397 e. The third-order valence-electron chi connectivity index (χ3n) is 4.40. The van der Waals surface area contributed by atoms with Gasteiger partial charge in [0.05, 0.1) is 0 Å². The highest BCUT2D eigenvalue weighted by atomic mass is 15.1. The minimum atomic E-state index is 0.589. The summed E-state index contributed by atoms with van der Waals surface area (Å²) in [6.07, 6.45) is 2.43. The van der Waals surface area contributed by atoms with E-state index in [2.05, 4.69) is 56.2 Å². The van der Waals surface area contributed by atoms with Crippen LogP contribution in [0, 0.1) is 5.92 Å². The molecule has 1 heterocycles. The summed E-state index contributed by atoms with van der Waals surface area (Å²) < 4.78 is 0. The van der Waals surface area contributed by atoms with E-state index in [1.807, 2.05) is 0 Å². The molecule has 100 valence electrons. The molecule has 1 aromatic carbocycles. The average Bonchev–Trinajstić information content (AvgIpc) is 2.76. The highest BCUT2D eigenvalue weighted by Crippen LogP contribution is 2.27. The monoisotopic (exact) mass is 246 g/mol. The third kappa shape index (κ3) is 2.86. The maximum Gasteiger partial charge on any atom is 0.0397 e. The lowest BCUT2D eigenvalue weighted by atomic mass is 10.0. The van der Waals surface area contributed by atoms with Crippen molar-refractivity contribution in [2.24, 2.45) is 5.92 Å². The van der Waals surface area contributed by atoms with Crippen LogP contribution in [0.2, 0.25) is 0 Å². The summed E-state index contributed by atoms with van der Waals surface area (Å²) in [5.41, 5.74) is 4.33. The lowest BCUT2D eigenvalue weighted by Crippen LogP contribution is -2.31. The van der Waals surface area contributed by atoms with Crippen molar-refractivity contribution in [3.63, 3.8) is 0 Å². The highest BCUT2D eigenvalue weighted by Gasteiger charge is 2.16. The van der Waals surface area contributed by atoms with Crippen LogP contribution < -0.4 is 10.2 Å². The Bertz CT molecular complexity index is 400. The zero-order valence-electron chi connectivity index (χ0n) is 12.2. The summed E-state index contributed by atoms with van der Waals surface area (Å²) in [7, 11) is 2.18. The lowest BCUT2D eigenvalue weighted by molar-refractivity contribution is 0.389. The molecule has 2 atom stereocenters. The predicted molar refractivity (Wildman–Crippen MR) is 79.2 cm³/mol. The molecule has 2 heteroatoms. The van der Waals surface area contributed by atoms with Crippen molar-refractivity contribution >= 4 is 5.69 Å². The van der Waals surface area contributed by atoms with Crippen LogP contribution in [0.25, 0.3) is 0 Å². The maximum atomic E-state index is 3.64. The number of hydrogen-bond donors (Lipinski definition) is 1. The Morgan fingerprint density at radius 1 is 1.33 bits per heavy atom. The van der Waals surface area contributed by atoms with Gasteiger partial charge in [-0.3, -0.25) is 0 Å². The Balaban J connectivity index is 1.95. The fourth-order valence-corrected chi connectivity index (χ4v) is 2.56. The molecule has 0 aromatic heterocycles. The molecule has 2 rings (SSSR count). The van der Waals surface area contributed by atoms with Gasteiger partial charge in [0.15, 0.2) is 0 Å². The molecular formula is C16H26N2. The van der Waals surface area contributed by atoms with Gasteiger partial charge >= 0.3 is 0 Å². The predicted octanol–water partition coefficient (Wildman–Crippen LogP) is 3.20. The quantitative estimate of drug-likeness (QED) is 0.858. The molecule has 0 saturated heterocycles. The molecule has 0 bridgehead atoms. The van der Waals surface area contributed by atoms with Gasteiger partial charge in [-0.05, 0) is 36.5 Å². The molecule has 0 fully saturated rings. The second-order valence-electron chi connectivity index (χ2n) is 5.69.